The monoisotopic (exact) mass is 566 g/mol. The van der Waals surface area contributed by atoms with Crippen LogP contribution < -0.4 is 10.6 Å². The van der Waals surface area contributed by atoms with E-state index in [1.807, 2.05) is 37.3 Å². The molecule has 1 saturated carbocycles. The highest BCUT2D eigenvalue weighted by Crippen LogP contribution is 2.40. The Morgan fingerprint density at radius 2 is 1.85 bits per heavy atom. The number of carbonyl (C=O) groups is 1. The van der Waals surface area contributed by atoms with E-state index in [0.717, 1.165) is 46.1 Å². The Balaban J connectivity index is 1.21. The number of hydrogen-bond donors (Lipinski definition) is 2. The van der Waals surface area contributed by atoms with Crippen molar-refractivity contribution >= 4 is 34.7 Å². The Morgan fingerprint density at radius 3 is 2.61 bits per heavy atom. The Hall–Kier alpha value is -4.84. The van der Waals surface area contributed by atoms with Gasteiger partial charge < -0.3 is 15.1 Å². The normalized spacial score (nSPS) is 16.5. The predicted octanol–water partition coefficient (Wildman–Crippen LogP) is 5.46. The number of rotatable bonds is 7. The lowest BCUT2D eigenvalue weighted by Crippen LogP contribution is -2.32. The SMILES string of the molecule is CCc1nc(-c2nnc(N[C@H]3N=C(c4ccccc4)c4cccc(F)c4NC3=O)o2)c(-c2cnc(C3CC3)nc2)s1. The number of aliphatic imine (C=N–C) groups is 1. The standard InChI is InChI=1S/C29H23FN8O2S/c1-2-20-33-23(24(41-20)17-13-31-25(32-14-17)16-11-12-16)28-37-38-29(40-28)36-26-27(39)35-22-18(9-6-10-19(22)30)21(34-26)15-7-4-3-5-8-15/h3-10,13-14,16,26H,2,11-12H2,1H3,(H,35,39)(H,36,38)/t26-/m1/s1. The molecule has 204 valence electrons. The van der Waals surface area contributed by atoms with Gasteiger partial charge in [0.1, 0.15) is 17.3 Å². The molecule has 1 aliphatic heterocycles. The molecule has 2 aromatic carbocycles. The van der Waals surface area contributed by atoms with E-state index in [-0.39, 0.29) is 17.6 Å². The molecule has 5 aromatic rings. The van der Waals surface area contributed by atoms with E-state index in [2.05, 4.69) is 35.8 Å². The zero-order valence-electron chi connectivity index (χ0n) is 21.8. The third kappa shape index (κ3) is 4.86. The molecule has 41 heavy (non-hydrogen) atoms. The van der Waals surface area contributed by atoms with Gasteiger partial charge in [-0.3, -0.25) is 4.79 Å². The summed E-state index contributed by atoms with van der Waals surface area (Å²) in [6, 6.07) is 13.8. The number of aromatic nitrogens is 5. The van der Waals surface area contributed by atoms with Crippen molar-refractivity contribution in [3.05, 3.63) is 88.7 Å². The molecule has 0 saturated heterocycles. The van der Waals surface area contributed by atoms with Gasteiger partial charge in [0.05, 0.1) is 21.3 Å². The summed E-state index contributed by atoms with van der Waals surface area (Å²) < 4.78 is 20.7. The molecule has 0 radical (unpaired) electrons. The number of nitrogens with one attached hydrogen (secondary N) is 2. The minimum atomic E-state index is -1.17. The molecule has 0 unspecified atom stereocenters. The van der Waals surface area contributed by atoms with Gasteiger partial charge in [-0.2, -0.15) is 0 Å². The maximum absolute atomic E-state index is 14.8. The highest BCUT2D eigenvalue weighted by atomic mass is 32.1. The molecule has 2 aliphatic rings. The van der Waals surface area contributed by atoms with E-state index in [0.29, 0.717) is 22.9 Å². The van der Waals surface area contributed by atoms with Gasteiger partial charge in [0.15, 0.2) is 0 Å². The molecule has 2 N–H and O–H groups in total. The molecule has 0 spiro atoms. The van der Waals surface area contributed by atoms with E-state index in [4.69, 9.17) is 9.40 Å². The second-order valence-corrected chi connectivity index (χ2v) is 10.8. The first-order valence-electron chi connectivity index (χ1n) is 13.2. The third-order valence-corrected chi connectivity index (χ3v) is 8.06. The van der Waals surface area contributed by atoms with E-state index < -0.39 is 17.9 Å². The molecule has 4 heterocycles. The molecule has 10 nitrogen and oxygen atoms in total. The van der Waals surface area contributed by atoms with Crippen LogP contribution in [0.5, 0.6) is 0 Å². The second kappa shape index (κ2) is 10.3. The summed E-state index contributed by atoms with van der Waals surface area (Å²) in [5, 5.41) is 14.8. The maximum atomic E-state index is 14.8. The minimum Gasteiger partial charge on any atom is -0.402 e. The number of fused-ring (bicyclic) bond motifs is 1. The largest absolute Gasteiger partial charge is 0.402 e. The molecule has 12 heteroatoms. The summed E-state index contributed by atoms with van der Waals surface area (Å²) >= 11 is 1.52. The number of thiazole rings is 1. The number of amides is 1. The summed E-state index contributed by atoms with van der Waals surface area (Å²) in [6.07, 6.45) is 5.42. The Bertz CT molecular complexity index is 1780. The fraction of sp³-hybridized carbons (Fsp3) is 0.207. The van der Waals surface area contributed by atoms with Crippen LogP contribution >= 0.6 is 11.3 Å². The average molecular weight is 567 g/mol. The number of halogens is 1. The fourth-order valence-electron chi connectivity index (χ4n) is 4.58. The highest BCUT2D eigenvalue weighted by Gasteiger charge is 2.30. The molecular formula is C29H23FN8O2S. The molecule has 3 aromatic heterocycles. The van der Waals surface area contributed by atoms with Crippen LogP contribution in [0.3, 0.4) is 0 Å². The Kier molecular flexibility index (Phi) is 6.31. The van der Waals surface area contributed by atoms with Gasteiger partial charge in [-0.1, -0.05) is 54.5 Å². The number of hydrogen-bond acceptors (Lipinski definition) is 10. The Labute approximate surface area is 237 Å². The third-order valence-electron chi connectivity index (χ3n) is 6.81. The lowest BCUT2D eigenvalue weighted by atomic mass is 10.0. The number of para-hydroxylation sites is 1. The minimum absolute atomic E-state index is 0.0277. The first-order valence-corrected chi connectivity index (χ1v) is 14.0. The van der Waals surface area contributed by atoms with Gasteiger partial charge >= 0.3 is 6.01 Å². The Morgan fingerprint density at radius 1 is 1.05 bits per heavy atom. The summed E-state index contributed by atoms with van der Waals surface area (Å²) in [5.41, 5.74) is 3.03. The van der Waals surface area contributed by atoms with Gasteiger partial charge in [-0.15, -0.1) is 16.4 Å². The molecule has 1 amide bonds. The van der Waals surface area contributed by atoms with Crippen molar-refractivity contribution in [2.75, 3.05) is 10.6 Å². The number of nitrogens with zero attached hydrogens (tertiary/aromatic N) is 6. The van der Waals surface area contributed by atoms with Crippen LogP contribution in [0.25, 0.3) is 22.0 Å². The van der Waals surface area contributed by atoms with Gasteiger partial charge in [0.25, 0.3) is 11.8 Å². The van der Waals surface area contributed by atoms with Gasteiger partial charge in [-0.05, 0) is 25.3 Å². The molecule has 1 fully saturated rings. The van der Waals surface area contributed by atoms with Gasteiger partial charge in [0.2, 0.25) is 6.17 Å². The van der Waals surface area contributed by atoms with Crippen molar-refractivity contribution in [2.24, 2.45) is 4.99 Å². The van der Waals surface area contributed by atoms with E-state index >= 15 is 0 Å². The first-order chi connectivity index (χ1) is 20.1. The van der Waals surface area contributed by atoms with E-state index in [1.54, 1.807) is 24.5 Å². The van der Waals surface area contributed by atoms with Crippen LogP contribution in [0, 0.1) is 5.82 Å². The smallest absolute Gasteiger partial charge is 0.317 e. The summed E-state index contributed by atoms with van der Waals surface area (Å²) in [5.74, 6) is 0.366. The van der Waals surface area contributed by atoms with Crippen LogP contribution in [0.4, 0.5) is 16.1 Å². The molecule has 0 bridgehead atoms. The van der Waals surface area contributed by atoms with Crippen molar-refractivity contribution < 1.29 is 13.6 Å². The number of anilines is 2. The zero-order chi connectivity index (χ0) is 27.9. The van der Waals surface area contributed by atoms with Crippen LogP contribution in [-0.2, 0) is 11.2 Å². The van der Waals surface area contributed by atoms with Crippen LogP contribution in [0.2, 0.25) is 0 Å². The molecular weight excluding hydrogens is 543 g/mol. The first kappa shape index (κ1) is 25.1. The predicted molar refractivity (Wildman–Crippen MR) is 152 cm³/mol. The van der Waals surface area contributed by atoms with Crippen LogP contribution in [0.15, 0.2) is 70.3 Å². The molecule has 1 aliphatic carbocycles. The van der Waals surface area contributed by atoms with Gasteiger partial charge in [-0.25, -0.2) is 24.3 Å². The lowest BCUT2D eigenvalue weighted by Gasteiger charge is -2.11. The quantitative estimate of drug-likeness (QED) is 0.266. The van der Waals surface area contributed by atoms with E-state index in [9.17, 15) is 9.18 Å². The molecule has 1 atom stereocenters. The zero-order valence-corrected chi connectivity index (χ0v) is 22.7. The van der Waals surface area contributed by atoms with Crippen molar-refractivity contribution in [3.8, 4) is 22.0 Å². The lowest BCUT2D eigenvalue weighted by molar-refractivity contribution is -0.116. The van der Waals surface area contributed by atoms with Crippen molar-refractivity contribution in [1.82, 2.24) is 25.1 Å². The number of benzene rings is 2. The van der Waals surface area contributed by atoms with Gasteiger partial charge in [0, 0.05) is 35.0 Å². The number of benzodiazepines with no additional fused rings is 1. The number of aryl methyl sites for hydroxylation is 1. The van der Waals surface area contributed by atoms with Crippen LogP contribution in [-0.4, -0.2) is 42.9 Å². The average Bonchev–Trinajstić information content (AvgIpc) is 3.63. The fourth-order valence-corrected chi connectivity index (χ4v) is 5.55. The second-order valence-electron chi connectivity index (χ2n) is 9.70. The van der Waals surface area contributed by atoms with Crippen LogP contribution in [0.1, 0.15) is 47.6 Å². The highest BCUT2D eigenvalue weighted by molar-refractivity contribution is 7.15. The maximum Gasteiger partial charge on any atom is 0.317 e. The molecule has 7 rings (SSSR count). The summed E-state index contributed by atoms with van der Waals surface area (Å²) in [6.45, 7) is 2.02. The van der Waals surface area contributed by atoms with E-state index in [1.165, 1.54) is 17.4 Å². The summed E-state index contributed by atoms with van der Waals surface area (Å²) in [7, 11) is 0. The van der Waals surface area contributed by atoms with Crippen molar-refractivity contribution in [2.45, 2.75) is 38.3 Å². The topological polar surface area (TPSA) is 131 Å². The van der Waals surface area contributed by atoms with Crippen molar-refractivity contribution in [3.63, 3.8) is 0 Å². The summed E-state index contributed by atoms with van der Waals surface area (Å²) in [4.78, 5) is 32.5. The van der Waals surface area contributed by atoms with Crippen molar-refractivity contribution in [1.29, 1.82) is 0 Å². The number of carbonyl (C=O) groups excluding carboxylic acids is 1.